The summed E-state index contributed by atoms with van der Waals surface area (Å²) < 4.78 is 59.4. The first-order chi connectivity index (χ1) is 13.3. The SMILES string of the molecule is F[As-](F)(F)(F)(F)F.c1ccc(C[S+](Cc2ccccc2)Cc2ccccc2)cc1. The van der Waals surface area contributed by atoms with Crippen LogP contribution in [0.1, 0.15) is 16.7 Å². The largest absolute Gasteiger partial charge is 0.133 e. The topological polar surface area (TPSA) is 0 Å². The maximum absolute atomic E-state index is 11.1. The van der Waals surface area contributed by atoms with Gasteiger partial charge in [0.2, 0.25) is 0 Å². The van der Waals surface area contributed by atoms with E-state index in [0.29, 0.717) is 10.9 Å². The molecule has 0 heterocycles. The fourth-order valence-electron chi connectivity index (χ4n) is 2.58. The van der Waals surface area contributed by atoms with Crippen molar-refractivity contribution < 1.29 is 20.8 Å². The zero-order valence-electron chi connectivity index (χ0n) is 15.4. The molecule has 0 saturated heterocycles. The van der Waals surface area contributed by atoms with Crippen LogP contribution in [-0.2, 0) is 28.2 Å². The third kappa shape index (κ3) is 13.1. The quantitative estimate of drug-likeness (QED) is 0.191. The number of rotatable bonds is 6. The minimum Gasteiger partial charge on any atom is -0.0622 e. The van der Waals surface area contributed by atoms with Gasteiger partial charge < -0.3 is 0 Å². The molecule has 3 aromatic rings. The van der Waals surface area contributed by atoms with E-state index < -0.39 is 14.2 Å². The molecule has 29 heavy (non-hydrogen) atoms. The van der Waals surface area contributed by atoms with Crippen LogP contribution in [0.4, 0.5) is 20.8 Å². The molecule has 0 unspecified atom stereocenters. The molecule has 0 aliphatic heterocycles. The Kier molecular flexibility index (Phi) is 7.18. The predicted molar refractivity (Wildman–Crippen MR) is 110 cm³/mol. The van der Waals surface area contributed by atoms with E-state index in [-0.39, 0.29) is 0 Å². The standard InChI is InChI=1S/C21H21S.AsF6/c1-4-10-19(11-5-1)16-22(17-20-12-6-2-7-13-20)18-21-14-8-3-9-15-21;2-1(3,4,5,6)7/h1-15H,16-18H2;/q+1;-1. The molecule has 0 aliphatic carbocycles. The molecule has 0 aromatic heterocycles. The second-order valence-electron chi connectivity index (χ2n) is 6.46. The van der Waals surface area contributed by atoms with Crippen LogP contribution in [0.15, 0.2) is 91.0 Å². The Balaban J connectivity index is 0.000000370. The van der Waals surface area contributed by atoms with E-state index in [1.165, 1.54) is 16.7 Å². The van der Waals surface area contributed by atoms with Crippen LogP contribution < -0.4 is 0 Å². The number of benzene rings is 3. The Morgan fingerprint density at radius 3 is 0.862 bits per heavy atom. The third-order valence-corrected chi connectivity index (χ3v) is 5.87. The van der Waals surface area contributed by atoms with E-state index >= 15 is 0 Å². The van der Waals surface area contributed by atoms with Gasteiger partial charge in [0.25, 0.3) is 0 Å². The van der Waals surface area contributed by atoms with Crippen molar-refractivity contribution in [3.8, 4) is 0 Å². The van der Waals surface area contributed by atoms with E-state index in [0.717, 1.165) is 17.3 Å². The van der Waals surface area contributed by atoms with Crippen molar-refractivity contribution in [1.29, 1.82) is 0 Å². The summed E-state index contributed by atoms with van der Waals surface area (Å²) in [5, 5.41) is 0. The first-order valence-corrected chi connectivity index (χ1v) is 14.7. The van der Waals surface area contributed by atoms with Crippen molar-refractivity contribution in [3.63, 3.8) is 0 Å². The molecular weight excluding hydrogens is 473 g/mol. The Labute approximate surface area is 170 Å². The summed E-state index contributed by atoms with van der Waals surface area (Å²) in [7, 11) is 0.323. The molecule has 3 rings (SSSR count). The van der Waals surface area contributed by atoms with Crippen LogP contribution in [0.5, 0.6) is 0 Å². The van der Waals surface area contributed by atoms with E-state index in [4.69, 9.17) is 0 Å². The number of hydrogen-bond donors (Lipinski definition) is 0. The van der Waals surface area contributed by atoms with E-state index in [1.54, 1.807) is 0 Å². The van der Waals surface area contributed by atoms with Gasteiger partial charge in [0.15, 0.2) is 0 Å². The molecule has 0 amide bonds. The van der Waals surface area contributed by atoms with Gasteiger partial charge in [-0.1, -0.05) is 91.0 Å². The summed E-state index contributed by atoms with van der Waals surface area (Å²) in [6.45, 7) is 0. The van der Waals surface area contributed by atoms with Gasteiger partial charge in [0.1, 0.15) is 17.3 Å². The Hall–Kier alpha value is -1.85. The van der Waals surface area contributed by atoms with E-state index in [1.807, 2.05) is 0 Å². The molecule has 8 heteroatoms. The molecule has 158 valence electrons. The van der Waals surface area contributed by atoms with Gasteiger partial charge in [-0.25, -0.2) is 0 Å². The second-order valence-corrected chi connectivity index (χ2v) is 12.6. The fraction of sp³-hybridized carbons (Fsp3) is 0.143. The predicted octanol–water partition coefficient (Wildman–Crippen LogP) is 7.35. The van der Waals surface area contributed by atoms with Crippen molar-refractivity contribution in [2.75, 3.05) is 0 Å². The first-order valence-electron chi connectivity index (χ1n) is 8.67. The summed E-state index contributed by atoms with van der Waals surface area (Å²) in [5.74, 6) is 3.47. The summed E-state index contributed by atoms with van der Waals surface area (Å²) in [4.78, 5) is 0. The minimum atomic E-state index is -11.1. The van der Waals surface area contributed by atoms with Gasteiger partial charge >= 0.3 is 35.0 Å². The number of hydrogen-bond acceptors (Lipinski definition) is 0. The van der Waals surface area contributed by atoms with Crippen LogP contribution in [0.3, 0.4) is 0 Å². The summed E-state index contributed by atoms with van der Waals surface area (Å²) in [5.41, 5.74) is 4.33. The van der Waals surface area contributed by atoms with Crippen LogP contribution in [0, 0.1) is 0 Å². The van der Waals surface area contributed by atoms with Crippen molar-refractivity contribution in [2.45, 2.75) is 17.3 Å². The smallest absolute Gasteiger partial charge is 0.0622 e. The molecule has 0 saturated carbocycles. The van der Waals surface area contributed by atoms with Crippen molar-refractivity contribution in [3.05, 3.63) is 108 Å². The summed E-state index contributed by atoms with van der Waals surface area (Å²) in [6.07, 6.45) is 0. The van der Waals surface area contributed by atoms with Gasteiger partial charge in [-0.05, 0) is 0 Å². The molecule has 0 N–H and O–H groups in total. The van der Waals surface area contributed by atoms with E-state index in [9.17, 15) is 20.8 Å². The van der Waals surface area contributed by atoms with E-state index in [2.05, 4.69) is 91.0 Å². The number of halogens is 6. The molecule has 0 aliphatic rings. The van der Waals surface area contributed by atoms with Crippen LogP contribution in [-0.4, -0.2) is 14.2 Å². The first kappa shape index (κ1) is 23.4. The molecule has 0 radical (unpaired) electrons. The zero-order valence-corrected chi connectivity index (χ0v) is 18.1. The van der Waals surface area contributed by atoms with Gasteiger partial charge in [-0.2, -0.15) is 0 Å². The van der Waals surface area contributed by atoms with Crippen molar-refractivity contribution >= 4 is 25.1 Å². The average Bonchev–Trinajstić information content (AvgIpc) is 2.62. The maximum atomic E-state index is 9.91. The monoisotopic (exact) mass is 494 g/mol. The average molecular weight is 494 g/mol. The van der Waals surface area contributed by atoms with Crippen molar-refractivity contribution in [2.24, 2.45) is 0 Å². The van der Waals surface area contributed by atoms with Gasteiger partial charge in [-0.15, -0.1) is 0 Å². The molecule has 0 fully saturated rings. The zero-order chi connectivity index (χ0) is 21.4. The summed E-state index contributed by atoms with van der Waals surface area (Å²) in [6, 6.07) is 32.6. The Morgan fingerprint density at radius 1 is 0.448 bits per heavy atom. The molecule has 0 bridgehead atoms. The molecule has 0 spiro atoms. The maximum Gasteiger partial charge on any atom is 0.133 e. The van der Waals surface area contributed by atoms with Gasteiger partial charge in [0.05, 0.1) is 0 Å². The Morgan fingerprint density at radius 2 is 0.655 bits per heavy atom. The van der Waals surface area contributed by atoms with Gasteiger partial charge in [-0.3, -0.25) is 0 Å². The third-order valence-electron chi connectivity index (χ3n) is 3.64. The second kappa shape index (κ2) is 8.88. The molecule has 0 atom stereocenters. The normalized spacial score (nSPS) is 13.8. The van der Waals surface area contributed by atoms with Crippen LogP contribution in [0.2, 0.25) is 0 Å². The molecular formula is C21H21AsF6S. The van der Waals surface area contributed by atoms with Crippen LogP contribution in [0.25, 0.3) is 0 Å². The minimum absolute atomic E-state index is 0.323. The Bertz CT molecular complexity index is 759. The van der Waals surface area contributed by atoms with Crippen molar-refractivity contribution in [1.82, 2.24) is 0 Å². The summed E-state index contributed by atoms with van der Waals surface area (Å²) >= 11 is -11.1. The fourth-order valence-corrected chi connectivity index (χ4v) is 4.88. The van der Waals surface area contributed by atoms with Gasteiger partial charge in [0, 0.05) is 27.6 Å². The van der Waals surface area contributed by atoms with Crippen LogP contribution >= 0.6 is 0 Å². The molecule has 3 aromatic carbocycles. The molecule has 0 nitrogen and oxygen atoms in total.